The van der Waals surface area contributed by atoms with Gasteiger partial charge in [-0.2, -0.15) is 0 Å². The van der Waals surface area contributed by atoms with Crippen molar-refractivity contribution in [1.82, 2.24) is 20.3 Å². The summed E-state index contributed by atoms with van der Waals surface area (Å²) >= 11 is 1.07. The van der Waals surface area contributed by atoms with E-state index in [1.165, 1.54) is 48.0 Å². The van der Waals surface area contributed by atoms with Gasteiger partial charge in [-0.1, -0.05) is 24.1 Å². The second-order valence-corrected chi connectivity index (χ2v) is 10.3. The van der Waals surface area contributed by atoms with E-state index < -0.39 is 30.5 Å². The summed E-state index contributed by atoms with van der Waals surface area (Å²) in [5, 5.41) is 3.37. The van der Waals surface area contributed by atoms with Crippen molar-refractivity contribution in [2.24, 2.45) is 0 Å². The molecule has 6 rings (SSSR count). The Morgan fingerprint density at radius 2 is 1.79 bits per heavy atom. The summed E-state index contributed by atoms with van der Waals surface area (Å²) in [6.07, 6.45) is 1.83. The maximum Gasteiger partial charge on any atom is 0.256 e. The van der Waals surface area contributed by atoms with Gasteiger partial charge in [-0.25, -0.2) is 22.5 Å². The maximum absolute atomic E-state index is 15.4. The first-order valence-corrected chi connectivity index (χ1v) is 14.2. The first-order chi connectivity index (χ1) is 20.8. The van der Waals surface area contributed by atoms with Crippen LogP contribution in [0.5, 0.6) is 0 Å². The number of hydrogen-bond acceptors (Lipinski definition) is 6. The van der Waals surface area contributed by atoms with Gasteiger partial charge in [0, 0.05) is 46.8 Å². The third-order valence-electron chi connectivity index (χ3n) is 6.97. The fraction of sp³-hybridized carbons (Fsp3) is 0.129. The van der Waals surface area contributed by atoms with Gasteiger partial charge < -0.3 is 19.0 Å². The number of anilines is 1. The Labute approximate surface area is 247 Å². The molecule has 7 nitrogen and oxygen atoms in total. The van der Waals surface area contributed by atoms with E-state index >= 15 is 4.39 Å². The molecule has 0 saturated carbocycles. The number of aromatic nitrogens is 3. The summed E-state index contributed by atoms with van der Waals surface area (Å²) in [7, 11) is 1.47. The van der Waals surface area contributed by atoms with Gasteiger partial charge >= 0.3 is 0 Å². The first kappa shape index (κ1) is 28.3. The van der Waals surface area contributed by atoms with Crippen LogP contribution in [0, 0.1) is 11.6 Å². The van der Waals surface area contributed by atoms with Gasteiger partial charge in [-0.15, -0.1) is 0 Å². The van der Waals surface area contributed by atoms with Crippen molar-refractivity contribution in [2.45, 2.75) is 6.43 Å². The number of halogens is 4. The molecule has 2 N–H and O–H groups in total. The summed E-state index contributed by atoms with van der Waals surface area (Å²) < 4.78 is 63.9. The highest BCUT2D eigenvalue weighted by atomic mass is 32.2. The number of nitrogens with one attached hydrogen (secondary N) is 2. The van der Waals surface area contributed by atoms with Crippen molar-refractivity contribution < 1.29 is 26.8 Å². The number of aromatic amines is 1. The summed E-state index contributed by atoms with van der Waals surface area (Å²) in [6.45, 7) is -0.614. The minimum atomic E-state index is -2.67. The standard InChI is InChI=1S/C31H23F4N5O2S/c1-36-31(41)27-20-11-19(22-13-37-14-23(38-22)29-28(35)18-5-3-4-6-21(18)39-29)24(40(43-2)15-26(33)34)12-25(20)42-30(27)16-7-9-17(32)10-8-16/h3-14,26,39H,15H2,1-2H3,(H,36,41). The molecule has 0 spiro atoms. The molecule has 218 valence electrons. The Hall–Kier alpha value is -4.84. The number of para-hydroxylation sites is 1. The largest absolute Gasteiger partial charge is 0.455 e. The van der Waals surface area contributed by atoms with Crippen LogP contribution in [0.25, 0.3) is 55.8 Å². The zero-order valence-electron chi connectivity index (χ0n) is 22.8. The molecule has 3 aromatic heterocycles. The number of carbonyl (C=O) groups excluding carboxylic acids is 1. The Morgan fingerprint density at radius 3 is 2.49 bits per heavy atom. The van der Waals surface area contributed by atoms with Crippen molar-refractivity contribution in [2.75, 3.05) is 24.2 Å². The molecular weight excluding hydrogens is 582 g/mol. The van der Waals surface area contributed by atoms with Gasteiger partial charge in [0.2, 0.25) is 0 Å². The predicted molar refractivity (Wildman–Crippen MR) is 160 cm³/mol. The van der Waals surface area contributed by atoms with E-state index in [1.807, 2.05) is 0 Å². The molecule has 3 aromatic carbocycles. The molecule has 0 fully saturated rings. The lowest BCUT2D eigenvalue weighted by Gasteiger charge is -2.24. The van der Waals surface area contributed by atoms with Gasteiger partial charge in [0.1, 0.15) is 28.5 Å². The number of nitrogens with zero attached hydrogens (tertiary/aromatic N) is 3. The second-order valence-electron chi connectivity index (χ2n) is 9.54. The highest BCUT2D eigenvalue weighted by molar-refractivity contribution is 8.00. The Balaban J connectivity index is 1.60. The van der Waals surface area contributed by atoms with Crippen molar-refractivity contribution >= 4 is 45.4 Å². The molecule has 3 heterocycles. The van der Waals surface area contributed by atoms with Gasteiger partial charge in [0.15, 0.2) is 5.82 Å². The predicted octanol–water partition coefficient (Wildman–Crippen LogP) is 7.69. The minimum absolute atomic E-state index is 0.125. The van der Waals surface area contributed by atoms with E-state index in [0.717, 1.165) is 11.9 Å². The van der Waals surface area contributed by atoms with E-state index in [1.54, 1.807) is 42.7 Å². The number of carbonyl (C=O) groups is 1. The molecule has 6 aromatic rings. The average molecular weight is 606 g/mol. The van der Waals surface area contributed by atoms with E-state index in [-0.39, 0.29) is 34.0 Å². The Bertz CT molecular complexity index is 1970. The molecule has 0 aliphatic rings. The molecule has 0 atom stereocenters. The topological polar surface area (TPSA) is 87.0 Å². The molecule has 0 aliphatic carbocycles. The second kappa shape index (κ2) is 11.4. The number of amides is 1. The molecule has 0 bridgehead atoms. The number of rotatable bonds is 8. The minimum Gasteiger partial charge on any atom is -0.455 e. The summed E-state index contributed by atoms with van der Waals surface area (Å²) in [4.78, 5) is 25.1. The fourth-order valence-electron chi connectivity index (χ4n) is 5.00. The Morgan fingerprint density at radius 1 is 1.05 bits per heavy atom. The van der Waals surface area contributed by atoms with E-state index in [0.29, 0.717) is 33.1 Å². The van der Waals surface area contributed by atoms with Crippen LogP contribution >= 0.6 is 11.9 Å². The molecule has 12 heteroatoms. The quantitative estimate of drug-likeness (QED) is 0.137. The molecule has 0 aliphatic heterocycles. The van der Waals surface area contributed by atoms with Crippen LogP contribution in [-0.4, -0.2) is 47.1 Å². The zero-order valence-corrected chi connectivity index (χ0v) is 23.6. The van der Waals surface area contributed by atoms with Crippen molar-refractivity contribution in [1.29, 1.82) is 0 Å². The van der Waals surface area contributed by atoms with Crippen LogP contribution in [-0.2, 0) is 0 Å². The third kappa shape index (κ3) is 5.18. The lowest BCUT2D eigenvalue weighted by atomic mass is 10.0. The number of furan rings is 1. The molecular formula is C31H23F4N5O2S. The SMILES string of the molecule is CNC(=O)c1c(-c2ccc(F)cc2)oc2cc(N(CC(F)F)SC)c(-c3cncc(-c4[nH]c5ccccc5c4F)n3)cc12. The van der Waals surface area contributed by atoms with Crippen molar-refractivity contribution in [3.8, 4) is 34.0 Å². The van der Waals surface area contributed by atoms with E-state index in [9.17, 15) is 18.0 Å². The monoisotopic (exact) mass is 605 g/mol. The number of hydrogen-bond donors (Lipinski definition) is 2. The Kier molecular flexibility index (Phi) is 7.53. The third-order valence-corrected chi connectivity index (χ3v) is 7.76. The highest BCUT2D eigenvalue weighted by Crippen LogP contribution is 2.42. The number of fused-ring (bicyclic) bond motifs is 2. The summed E-state index contributed by atoms with van der Waals surface area (Å²) in [5.41, 5.74) is 2.72. The lowest BCUT2D eigenvalue weighted by Crippen LogP contribution is -2.22. The van der Waals surface area contributed by atoms with Gasteiger partial charge in [0.05, 0.1) is 35.9 Å². The summed E-state index contributed by atoms with van der Waals surface area (Å²) in [5.74, 6) is -1.24. The smallest absolute Gasteiger partial charge is 0.256 e. The lowest BCUT2D eigenvalue weighted by molar-refractivity contribution is 0.0964. The normalized spacial score (nSPS) is 11.5. The first-order valence-electron chi connectivity index (χ1n) is 13.1. The van der Waals surface area contributed by atoms with Crippen LogP contribution < -0.4 is 9.62 Å². The van der Waals surface area contributed by atoms with Gasteiger partial charge in [-0.05, 0) is 42.5 Å². The average Bonchev–Trinajstić information content (AvgIpc) is 3.56. The molecule has 1 amide bonds. The van der Waals surface area contributed by atoms with Crippen molar-refractivity contribution in [3.05, 3.63) is 90.3 Å². The van der Waals surface area contributed by atoms with Crippen LogP contribution in [0.1, 0.15) is 10.4 Å². The molecule has 0 unspecified atom stereocenters. The fourth-order valence-corrected chi connectivity index (χ4v) is 5.61. The van der Waals surface area contributed by atoms with Crippen LogP contribution in [0.2, 0.25) is 0 Å². The van der Waals surface area contributed by atoms with E-state index in [2.05, 4.69) is 20.3 Å². The molecule has 43 heavy (non-hydrogen) atoms. The zero-order chi connectivity index (χ0) is 30.2. The van der Waals surface area contributed by atoms with Gasteiger partial charge in [-0.3, -0.25) is 9.78 Å². The number of H-pyrrole nitrogens is 1. The maximum atomic E-state index is 15.4. The van der Waals surface area contributed by atoms with E-state index in [4.69, 9.17) is 4.42 Å². The molecule has 0 saturated heterocycles. The highest BCUT2D eigenvalue weighted by Gasteiger charge is 2.26. The number of alkyl halides is 2. The van der Waals surface area contributed by atoms with Crippen LogP contribution in [0.15, 0.2) is 77.5 Å². The number of benzene rings is 3. The van der Waals surface area contributed by atoms with Crippen LogP contribution in [0.3, 0.4) is 0 Å². The molecule has 0 radical (unpaired) electrons. The van der Waals surface area contributed by atoms with Crippen molar-refractivity contribution in [3.63, 3.8) is 0 Å². The van der Waals surface area contributed by atoms with Crippen LogP contribution in [0.4, 0.5) is 23.2 Å². The van der Waals surface area contributed by atoms with Gasteiger partial charge in [0.25, 0.3) is 12.3 Å². The summed E-state index contributed by atoms with van der Waals surface area (Å²) in [6, 6.07) is 15.5.